The molecule has 2 rings (SSSR count). The Balaban J connectivity index is 2.74. The quantitative estimate of drug-likeness (QED) is 0.681. The van der Waals surface area contributed by atoms with Gasteiger partial charge in [0.25, 0.3) is 0 Å². The van der Waals surface area contributed by atoms with Gasteiger partial charge in [-0.3, -0.25) is 0 Å². The van der Waals surface area contributed by atoms with Crippen LogP contribution in [0.2, 0.25) is 0 Å². The minimum atomic E-state index is -1.11. The van der Waals surface area contributed by atoms with E-state index in [1.54, 1.807) is 26.0 Å². The third kappa shape index (κ3) is 2.80. The number of rotatable bonds is 3. The summed E-state index contributed by atoms with van der Waals surface area (Å²) in [7, 11) is 0. The van der Waals surface area contributed by atoms with Gasteiger partial charge in [-0.1, -0.05) is 18.2 Å². The highest BCUT2D eigenvalue weighted by Gasteiger charge is 2.37. The van der Waals surface area contributed by atoms with Crippen LogP contribution in [0.4, 0.5) is 0 Å². The number of dihydropyridines is 1. The number of halogens is 1. The van der Waals surface area contributed by atoms with Crippen molar-refractivity contribution in [3.63, 3.8) is 0 Å². The Bertz CT molecular complexity index is 655. The summed E-state index contributed by atoms with van der Waals surface area (Å²) in [6.07, 6.45) is 0. The Morgan fingerprint density at radius 3 is 1.95 bits per heavy atom. The minimum absolute atomic E-state index is 0.0714. The molecule has 5 nitrogen and oxygen atoms in total. The Morgan fingerprint density at radius 1 is 1.05 bits per heavy atom. The van der Waals surface area contributed by atoms with Crippen LogP contribution < -0.4 is 5.32 Å². The van der Waals surface area contributed by atoms with E-state index in [4.69, 9.17) is 0 Å². The molecular weight excluding hydrogens is 385 g/mol. The third-order valence-electron chi connectivity index (χ3n) is 3.44. The summed E-state index contributed by atoms with van der Waals surface area (Å²) in [5.74, 6) is -3.01. The van der Waals surface area contributed by atoms with Crippen LogP contribution in [0.15, 0.2) is 46.8 Å². The first-order valence-corrected chi connectivity index (χ1v) is 7.32. The molecule has 1 aliphatic rings. The molecule has 3 N–H and O–H groups in total. The Labute approximate surface area is 135 Å². The summed E-state index contributed by atoms with van der Waals surface area (Å²) in [6, 6.07) is 7.22. The maximum absolute atomic E-state index is 11.6. The highest BCUT2D eigenvalue weighted by Crippen LogP contribution is 2.39. The molecule has 6 heteroatoms. The predicted octanol–water partition coefficient (Wildman–Crippen LogP) is 2.70. The van der Waals surface area contributed by atoms with Gasteiger partial charge < -0.3 is 15.5 Å². The van der Waals surface area contributed by atoms with Crippen LogP contribution >= 0.6 is 22.6 Å². The molecule has 0 saturated carbocycles. The van der Waals surface area contributed by atoms with Crippen LogP contribution in [-0.4, -0.2) is 22.2 Å². The average molecular weight is 399 g/mol. The van der Waals surface area contributed by atoms with E-state index >= 15 is 0 Å². The maximum Gasteiger partial charge on any atom is 0.334 e. The Morgan fingerprint density at radius 2 is 1.52 bits per heavy atom. The molecule has 0 fully saturated rings. The monoisotopic (exact) mass is 399 g/mol. The zero-order valence-corrected chi connectivity index (χ0v) is 13.6. The topological polar surface area (TPSA) is 86.6 Å². The van der Waals surface area contributed by atoms with Gasteiger partial charge in [-0.05, 0) is 48.1 Å². The van der Waals surface area contributed by atoms with Crippen molar-refractivity contribution >= 4 is 34.5 Å². The highest BCUT2D eigenvalue weighted by molar-refractivity contribution is 14.1. The largest absolute Gasteiger partial charge is 0.478 e. The van der Waals surface area contributed by atoms with Gasteiger partial charge in [0.1, 0.15) is 0 Å². The number of allylic oxidation sites excluding steroid dienone is 2. The van der Waals surface area contributed by atoms with Gasteiger partial charge in [0.2, 0.25) is 0 Å². The van der Waals surface area contributed by atoms with Crippen molar-refractivity contribution < 1.29 is 19.8 Å². The van der Waals surface area contributed by atoms with Crippen molar-refractivity contribution in [2.24, 2.45) is 0 Å². The lowest BCUT2D eigenvalue weighted by molar-refractivity contribution is -0.133. The van der Waals surface area contributed by atoms with Gasteiger partial charge >= 0.3 is 11.9 Å². The van der Waals surface area contributed by atoms with E-state index in [-0.39, 0.29) is 11.1 Å². The van der Waals surface area contributed by atoms with Gasteiger partial charge in [0, 0.05) is 15.0 Å². The zero-order valence-electron chi connectivity index (χ0n) is 11.5. The number of carbonyl (C=O) groups is 2. The summed E-state index contributed by atoms with van der Waals surface area (Å²) in [6.45, 7) is 3.29. The summed E-state index contributed by atoms with van der Waals surface area (Å²) in [4.78, 5) is 23.2. The predicted molar refractivity (Wildman–Crippen MR) is 85.7 cm³/mol. The molecule has 0 atom stereocenters. The van der Waals surface area contributed by atoms with E-state index in [9.17, 15) is 19.8 Å². The van der Waals surface area contributed by atoms with Crippen LogP contribution in [0, 0.1) is 3.57 Å². The van der Waals surface area contributed by atoms with Crippen molar-refractivity contribution in [3.05, 3.63) is 55.9 Å². The SMILES string of the molecule is CC1=C(C(=O)O)C(c2ccccc2I)C(C(=O)O)=C(C)N1. The van der Waals surface area contributed by atoms with Crippen LogP contribution in [0.1, 0.15) is 25.3 Å². The van der Waals surface area contributed by atoms with Crippen LogP contribution in [-0.2, 0) is 9.59 Å². The average Bonchev–Trinajstić information content (AvgIpc) is 2.37. The molecule has 1 aliphatic heterocycles. The van der Waals surface area contributed by atoms with E-state index in [0.717, 1.165) is 3.57 Å². The third-order valence-corrected chi connectivity index (χ3v) is 4.42. The van der Waals surface area contributed by atoms with Gasteiger partial charge in [-0.25, -0.2) is 9.59 Å². The molecule has 1 aromatic carbocycles. The van der Waals surface area contributed by atoms with E-state index < -0.39 is 17.9 Å². The molecule has 0 unspecified atom stereocenters. The number of aliphatic carboxylic acids is 2. The molecule has 21 heavy (non-hydrogen) atoms. The molecule has 0 bridgehead atoms. The van der Waals surface area contributed by atoms with E-state index in [0.29, 0.717) is 17.0 Å². The van der Waals surface area contributed by atoms with Gasteiger partial charge in [0.05, 0.1) is 17.1 Å². The second kappa shape index (κ2) is 5.88. The molecule has 0 amide bonds. The fourth-order valence-corrected chi connectivity index (χ4v) is 3.28. The first kappa shape index (κ1) is 15.6. The number of hydrogen-bond donors (Lipinski definition) is 3. The lowest BCUT2D eigenvalue weighted by Gasteiger charge is -2.29. The van der Waals surface area contributed by atoms with Crippen LogP contribution in [0.5, 0.6) is 0 Å². The number of carboxylic acids is 2. The normalized spacial score (nSPS) is 16.0. The van der Waals surface area contributed by atoms with E-state index in [1.807, 2.05) is 12.1 Å². The molecule has 0 saturated heterocycles. The standard InChI is InChI=1S/C15H14INO4/c1-7-11(14(18)19)13(9-5-3-4-6-10(9)16)12(15(20)21)8(2)17-7/h3-6,13,17H,1-2H3,(H,18,19)(H,20,21). The van der Waals surface area contributed by atoms with Crippen molar-refractivity contribution in [1.29, 1.82) is 0 Å². The van der Waals surface area contributed by atoms with Crippen molar-refractivity contribution in [3.8, 4) is 0 Å². The molecule has 1 aromatic rings. The maximum atomic E-state index is 11.6. The summed E-state index contributed by atoms with van der Waals surface area (Å²) < 4.78 is 0.833. The highest BCUT2D eigenvalue weighted by atomic mass is 127. The number of hydrogen-bond acceptors (Lipinski definition) is 3. The second-order valence-electron chi connectivity index (χ2n) is 4.77. The number of nitrogens with one attached hydrogen (secondary N) is 1. The first-order chi connectivity index (χ1) is 9.84. The molecule has 0 aliphatic carbocycles. The number of benzene rings is 1. The smallest absolute Gasteiger partial charge is 0.334 e. The van der Waals surface area contributed by atoms with Crippen molar-refractivity contribution in [1.82, 2.24) is 5.32 Å². The van der Waals surface area contributed by atoms with Crippen molar-refractivity contribution in [2.75, 3.05) is 0 Å². The zero-order chi connectivity index (χ0) is 15.7. The first-order valence-electron chi connectivity index (χ1n) is 6.24. The molecule has 0 radical (unpaired) electrons. The Hall–Kier alpha value is -1.83. The van der Waals surface area contributed by atoms with E-state index in [2.05, 4.69) is 27.9 Å². The van der Waals surface area contributed by atoms with Gasteiger partial charge in [-0.2, -0.15) is 0 Å². The van der Waals surface area contributed by atoms with Crippen molar-refractivity contribution in [2.45, 2.75) is 19.8 Å². The fourth-order valence-electron chi connectivity index (χ4n) is 2.58. The fraction of sp³-hybridized carbons (Fsp3) is 0.200. The number of carboxylic acid groups (broad SMARTS) is 2. The summed E-state index contributed by atoms with van der Waals surface area (Å²) in [5, 5.41) is 21.9. The lowest BCUT2D eigenvalue weighted by atomic mass is 9.80. The second-order valence-corrected chi connectivity index (χ2v) is 5.93. The lowest BCUT2D eigenvalue weighted by Crippen LogP contribution is -2.31. The van der Waals surface area contributed by atoms with E-state index in [1.165, 1.54) is 0 Å². The van der Waals surface area contributed by atoms with Gasteiger partial charge in [0.15, 0.2) is 0 Å². The molecular formula is C15H14INO4. The molecule has 110 valence electrons. The Kier molecular flexibility index (Phi) is 4.36. The molecule has 0 aromatic heterocycles. The summed E-state index contributed by atoms with van der Waals surface area (Å²) >= 11 is 2.09. The molecule has 1 heterocycles. The van der Waals surface area contributed by atoms with Crippen LogP contribution in [0.3, 0.4) is 0 Å². The minimum Gasteiger partial charge on any atom is -0.478 e. The summed E-state index contributed by atoms with van der Waals surface area (Å²) in [5.41, 5.74) is 1.77. The van der Waals surface area contributed by atoms with Gasteiger partial charge in [-0.15, -0.1) is 0 Å². The molecule has 0 spiro atoms. The van der Waals surface area contributed by atoms with Crippen LogP contribution in [0.25, 0.3) is 0 Å².